The predicted molar refractivity (Wildman–Crippen MR) is 500 cm³/mol. The number of furan rings is 8. The molecule has 9 rings (SSSR count). The number of nitrogens with zero attached hydrogens (tertiary/aromatic N) is 20. The summed E-state index contributed by atoms with van der Waals surface area (Å²) in [5, 5.41) is 33.0. The van der Waals surface area contributed by atoms with Crippen LogP contribution in [0.1, 0.15) is 59.0 Å². The van der Waals surface area contributed by atoms with Crippen molar-refractivity contribution in [3.8, 4) is 0 Å². The van der Waals surface area contributed by atoms with Gasteiger partial charge in [-0.25, -0.2) is 25.0 Å². The van der Waals surface area contributed by atoms with E-state index in [2.05, 4.69) is 81.3 Å². The van der Waals surface area contributed by atoms with Gasteiger partial charge in [0.25, 0.3) is 0 Å². The van der Waals surface area contributed by atoms with Crippen molar-refractivity contribution in [1.82, 2.24) is 20.0 Å². The number of nitrogens with two attached hydrogens (primary N) is 20. The van der Waals surface area contributed by atoms with Crippen molar-refractivity contribution < 1.29 is 35.3 Å². The first-order chi connectivity index (χ1) is 58.8. The number of aliphatic imine (C=N–C) groups is 14. The van der Waals surface area contributed by atoms with Crippen molar-refractivity contribution in [2.45, 2.75) is 68.7 Å². The average molecular weight is 1760 g/mol. The van der Waals surface area contributed by atoms with E-state index in [1.54, 1.807) is 167 Å². The number of guanidine groups is 18. The second-order valence-electron chi connectivity index (χ2n) is 25.7. The van der Waals surface area contributed by atoms with Crippen molar-refractivity contribution in [2.24, 2.45) is 185 Å². The summed E-state index contributed by atoms with van der Waals surface area (Å²) in [5.74, 6) is 4.65. The maximum Gasteiger partial charge on any atom is 0.225 e. The average Bonchev–Trinajstić information content (AvgIpc) is 1.72. The third kappa shape index (κ3) is 43.2. The molecule has 0 spiro atoms. The van der Waals surface area contributed by atoms with Crippen LogP contribution in [0.3, 0.4) is 0 Å². The fourth-order valence-electron chi connectivity index (χ4n) is 8.15. The zero-order valence-corrected chi connectivity index (χ0v) is 73.4. The van der Waals surface area contributed by atoms with Crippen molar-refractivity contribution in [2.75, 3.05) is 78.1 Å². The Morgan fingerprint density at radius 1 is 0.333 bits per heavy atom. The molecule has 684 valence electrons. The summed E-state index contributed by atoms with van der Waals surface area (Å²) in [6.07, 6.45) is 20.3. The molecule has 8 heterocycles. The summed E-state index contributed by atoms with van der Waals surface area (Å²) in [5.41, 5.74) is 115. The lowest BCUT2D eigenvalue weighted by Crippen LogP contribution is -2.33. The Bertz CT molecular complexity index is 5180. The highest BCUT2D eigenvalue weighted by atomic mass is 16.3. The number of anilines is 3. The first-order valence-corrected chi connectivity index (χ1v) is 36.2. The third-order valence-electron chi connectivity index (χ3n) is 14.5. The molecule has 0 amide bonds. The number of allylic oxidation sites excluding steroid dienone is 3. The normalized spacial score (nSPS) is 11.7. The monoisotopic (exact) mass is 1750 g/mol. The molecule has 8 aromatic heterocycles. The van der Waals surface area contributed by atoms with Gasteiger partial charge in [0.2, 0.25) is 59.6 Å². The van der Waals surface area contributed by atoms with Gasteiger partial charge in [-0.15, -0.1) is 0 Å². The summed E-state index contributed by atoms with van der Waals surface area (Å²) in [4.78, 5) is 62.3. The minimum atomic E-state index is -0.137. The third-order valence-corrected chi connectivity index (χ3v) is 14.5. The van der Waals surface area contributed by atoms with Crippen LogP contribution in [0.5, 0.6) is 0 Å². The van der Waals surface area contributed by atoms with Gasteiger partial charge >= 0.3 is 0 Å². The smallest absolute Gasteiger partial charge is 0.225 e. The van der Waals surface area contributed by atoms with E-state index >= 15 is 0 Å². The fraction of sp³-hybridized carbons (Fsp3) is 0.260. The van der Waals surface area contributed by atoms with Gasteiger partial charge < -0.3 is 185 Å². The Labute approximate surface area is 726 Å². The summed E-state index contributed by atoms with van der Waals surface area (Å²) in [7, 11) is 15.6. The van der Waals surface area contributed by atoms with Crippen LogP contribution in [0.15, 0.2) is 228 Å². The molecule has 0 saturated carbocycles. The van der Waals surface area contributed by atoms with Crippen molar-refractivity contribution in [1.29, 1.82) is 21.6 Å². The van der Waals surface area contributed by atoms with Crippen LogP contribution in [0, 0.1) is 77.0 Å². The van der Waals surface area contributed by atoms with E-state index in [1.165, 1.54) is 52.3 Å². The molecule has 45 N–H and O–H groups in total. The lowest BCUT2D eigenvalue weighted by atomic mass is 10.3. The van der Waals surface area contributed by atoms with Crippen molar-refractivity contribution in [3.05, 3.63) is 168 Å². The zero-order valence-electron chi connectivity index (χ0n) is 73.4. The van der Waals surface area contributed by atoms with Gasteiger partial charge in [0.15, 0.2) is 47.7 Å². The Kier molecular flexibility index (Phi) is 45.4. The first-order valence-electron chi connectivity index (χ1n) is 36.2. The minimum Gasteiger partial charge on any atom is -0.470 e. The maximum atomic E-state index is 7.53. The molecule has 1 aliphatic carbocycles. The van der Waals surface area contributed by atoms with Gasteiger partial charge in [-0.1, -0.05) is 12.2 Å². The molecule has 0 saturated heterocycles. The summed E-state index contributed by atoms with van der Waals surface area (Å²) in [6, 6.07) is 10.4. The van der Waals surface area contributed by atoms with Crippen LogP contribution < -0.4 is 135 Å². The Morgan fingerprint density at radius 3 is 1.02 bits per heavy atom. The largest absolute Gasteiger partial charge is 0.470 e. The van der Waals surface area contributed by atoms with Gasteiger partial charge in [0.05, 0.1) is 48.4 Å². The quantitative estimate of drug-likeness (QED) is 0.0720. The van der Waals surface area contributed by atoms with Crippen LogP contribution in [0.25, 0.3) is 0 Å². The number of rotatable bonds is 9. The van der Waals surface area contributed by atoms with Crippen molar-refractivity contribution in [3.63, 3.8) is 0 Å². The molecule has 53 nitrogen and oxygen atoms in total. The van der Waals surface area contributed by atoms with Crippen LogP contribution in [-0.4, -0.2) is 185 Å². The molecule has 0 radical (unpaired) electrons. The van der Waals surface area contributed by atoms with E-state index in [9.17, 15) is 0 Å². The molecular weight excluding hydrogens is 1640 g/mol. The van der Waals surface area contributed by atoms with E-state index in [0.29, 0.717) is 57.6 Å². The van der Waals surface area contributed by atoms with Gasteiger partial charge in [0, 0.05) is 117 Å². The van der Waals surface area contributed by atoms with Crippen LogP contribution in [0.2, 0.25) is 0 Å². The molecule has 0 unspecified atom stereocenters. The highest BCUT2D eigenvalue weighted by molar-refractivity contribution is 6.03. The number of aryl methyl sites for hydroxylation is 8. The standard InChI is InChI=1S/C10H17N5.2C9H15N5O.3C8H13N5O.3C7H11N5O/c1-7-5-4-6-8(7)13-9(11)14-10(12)15(2)3;1-6-4-7(5-15-6)12-8(10)13-9(11)14(2)3;1-6-7(4-5-15-6)12-8(10)13-9(11)14(2)3;1-5-3-14-4-6(5)13(2)8(11)12-7(9)10;1-5-3-6(4-14-5)13(2)8(11)12-7(9)10;1-5-6(3-4-14-5)13(2)8(11)12-7(9)10;1-4-2-13-3-5(4)11-7(10)12-6(8)9;1-4-2-5(3-13-4)11-7(10)12-6(8)9;1-4-5(2-3-13-4)11-7(10)12-6(8)9/h5-6H,4H2,1-3H3,(H4,11,12,13,14);2*4-5H,1-3H3,(H4,10,11,12,13);3*3-4H,1-2H3,(H5,9,10,11,12);3*2-3H,1H3,(H6,8,9,10,11,12). The van der Waals surface area contributed by atoms with Crippen LogP contribution in [-0.2, 0) is 0 Å². The minimum absolute atomic E-state index is 0.000741. The highest BCUT2D eigenvalue weighted by Gasteiger charge is 2.15. The van der Waals surface area contributed by atoms with Crippen molar-refractivity contribution >= 4 is 153 Å². The van der Waals surface area contributed by atoms with Gasteiger partial charge in [-0.05, 0) is 74.3 Å². The second kappa shape index (κ2) is 53.7. The Balaban J connectivity index is 0.000000709. The number of hydrogen-bond acceptors (Lipinski definition) is 17. The van der Waals surface area contributed by atoms with Gasteiger partial charge in [-0.2, -0.15) is 44.9 Å². The van der Waals surface area contributed by atoms with Crippen LogP contribution in [0.4, 0.5) is 45.5 Å². The lowest BCUT2D eigenvalue weighted by molar-refractivity contribution is 0.534. The topological polar surface area (TPSA) is 925 Å². The fourth-order valence-corrected chi connectivity index (χ4v) is 8.15. The Morgan fingerprint density at radius 2 is 0.698 bits per heavy atom. The second-order valence-corrected chi connectivity index (χ2v) is 25.7. The molecule has 53 heteroatoms. The molecule has 1 aliphatic rings. The summed E-state index contributed by atoms with van der Waals surface area (Å²) >= 11 is 0. The lowest BCUT2D eigenvalue weighted by Gasteiger charge is -2.15. The molecule has 0 bridgehead atoms. The summed E-state index contributed by atoms with van der Waals surface area (Å²) < 4.78 is 40.2. The highest BCUT2D eigenvalue weighted by Crippen LogP contribution is 2.24. The van der Waals surface area contributed by atoms with E-state index in [4.69, 9.17) is 172 Å². The first kappa shape index (κ1) is 106. The molecule has 0 aromatic carbocycles. The van der Waals surface area contributed by atoms with E-state index in [-0.39, 0.29) is 95.4 Å². The van der Waals surface area contributed by atoms with E-state index in [1.807, 2.05) is 40.7 Å². The van der Waals surface area contributed by atoms with Gasteiger partial charge in [0.1, 0.15) is 94.3 Å². The predicted octanol–water partition coefficient (Wildman–Crippen LogP) is 1.56. The molecule has 8 aromatic rings. The summed E-state index contributed by atoms with van der Waals surface area (Å²) in [6.45, 7) is 16.5. The number of hydrogen-bond donors (Lipinski definition) is 25. The Hall–Kier alpha value is -17.6. The van der Waals surface area contributed by atoms with Crippen LogP contribution >= 0.6 is 0 Å². The molecule has 0 atom stereocenters. The van der Waals surface area contributed by atoms with E-state index in [0.717, 1.165) is 63.2 Å². The van der Waals surface area contributed by atoms with E-state index < -0.39 is 0 Å². The maximum absolute atomic E-state index is 7.53. The molecule has 0 aliphatic heterocycles. The molecule has 126 heavy (non-hydrogen) atoms. The molecular formula is C73H119N45O8. The number of nitrogens with one attached hydrogen (secondary N) is 5. The van der Waals surface area contributed by atoms with Gasteiger partial charge in [-0.3, -0.25) is 21.6 Å². The molecule has 0 fully saturated rings. The zero-order chi connectivity index (χ0) is 95.9. The SMILES string of the molecule is CC1=CCC=C1NC(N)=NC(=N)N(C)C.Cc1cc(N(C)C(=N)N=C(N)N)co1.Cc1cc(N=C(N)N=C(N)N(C)C)co1.Cc1cc(N=C(N)N=C(N)N)co1.Cc1cocc1N(C)C(=N)N=C(N)N.Cc1cocc1N=C(N)N=C(N)N.Cc1occc1N(C)C(=N)N=C(N)N.Cc1occc1N=C(N)N=C(N)N.Cc1occc1N=C(N)N=C(N)N(C)C.